The van der Waals surface area contributed by atoms with Crippen molar-refractivity contribution in [2.45, 2.75) is 45.3 Å². The van der Waals surface area contributed by atoms with Crippen molar-refractivity contribution in [1.82, 2.24) is 4.90 Å². The van der Waals surface area contributed by atoms with E-state index in [-0.39, 0.29) is 0 Å². The molecule has 1 aromatic rings. The van der Waals surface area contributed by atoms with Crippen LogP contribution in [0.2, 0.25) is 5.02 Å². The highest BCUT2D eigenvalue weighted by atomic mass is 35.5. The van der Waals surface area contributed by atoms with Crippen LogP contribution < -0.4 is 0 Å². The van der Waals surface area contributed by atoms with Crippen LogP contribution in [0.4, 0.5) is 0 Å². The van der Waals surface area contributed by atoms with Gasteiger partial charge in [0.1, 0.15) is 0 Å². The number of hydrogen-bond donors (Lipinski definition) is 0. The molecule has 0 amide bonds. The molecule has 19 heavy (non-hydrogen) atoms. The Kier molecular flexibility index (Phi) is 5.26. The molecule has 0 bridgehead atoms. The zero-order valence-electron chi connectivity index (χ0n) is 12.1. The second kappa shape index (κ2) is 6.74. The van der Waals surface area contributed by atoms with Gasteiger partial charge >= 0.3 is 0 Å². The normalized spacial score (nSPS) is 26.3. The maximum Gasteiger partial charge on any atom is 0.0678 e. The molecule has 2 nitrogen and oxygen atoms in total. The molecule has 3 unspecified atom stereocenters. The molecule has 106 valence electrons. The lowest BCUT2D eigenvalue weighted by molar-refractivity contribution is -0.0683. The van der Waals surface area contributed by atoms with Gasteiger partial charge in [-0.2, -0.15) is 0 Å². The summed E-state index contributed by atoms with van der Waals surface area (Å²) < 4.78 is 5.76. The van der Waals surface area contributed by atoms with Gasteiger partial charge in [0.05, 0.1) is 12.2 Å². The van der Waals surface area contributed by atoms with E-state index in [1.807, 2.05) is 12.1 Å². The lowest BCUT2D eigenvalue weighted by Gasteiger charge is -2.35. The van der Waals surface area contributed by atoms with Crippen molar-refractivity contribution in [2.24, 2.45) is 0 Å². The number of benzene rings is 1. The average molecular weight is 282 g/mol. The van der Waals surface area contributed by atoms with Crippen LogP contribution in [0.25, 0.3) is 0 Å². The van der Waals surface area contributed by atoms with Gasteiger partial charge in [-0.1, -0.05) is 30.7 Å². The predicted octanol–water partition coefficient (Wildman–Crippen LogP) is 3.94. The highest BCUT2D eigenvalue weighted by Crippen LogP contribution is 2.22. The number of halogens is 1. The fourth-order valence-corrected chi connectivity index (χ4v) is 2.93. The molecular weight excluding hydrogens is 258 g/mol. The summed E-state index contributed by atoms with van der Waals surface area (Å²) in [7, 11) is 0. The molecule has 1 saturated heterocycles. The minimum absolute atomic E-state index is 0.356. The first-order chi connectivity index (χ1) is 9.04. The van der Waals surface area contributed by atoms with Crippen LogP contribution in [0.15, 0.2) is 24.3 Å². The van der Waals surface area contributed by atoms with Crippen LogP contribution >= 0.6 is 11.6 Å². The van der Waals surface area contributed by atoms with E-state index in [1.165, 1.54) is 12.0 Å². The summed E-state index contributed by atoms with van der Waals surface area (Å²) in [6.45, 7) is 9.85. The van der Waals surface area contributed by atoms with E-state index in [0.717, 1.165) is 24.7 Å². The smallest absolute Gasteiger partial charge is 0.0678 e. The Balaban J connectivity index is 1.83. The number of morpholine rings is 1. The van der Waals surface area contributed by atoms with Crippen LogP contribution in [0.5, 0.6) is 0 Å². The molecule has 0 aromatic heterocycles. The van der Waals surface area contributed by atoms with Gasteiger partial charge < -0.3 is 4.74 Å². The zero-order chi connectivity index (χ0) is 13.8. The lowest BCUT2D eigenvalue weighted by atomic mass is 9.97. The highest BCUT2D eigenvalue weighted by Gasteiger charge is 2.22. The van der Waals surface area contributed by atoms with Crippen molar-refractivity contribution >= 4 is 11.6 Å². The molecular formula is C16H24ClNO. The Hall–Kier alpha value is -0.570. The third kappa shape index (κ3) is 4.48. The maximum atomic E-state index is 5.93. The van der Waals surface area contributed by atoms with Gasteiger partial charge in [-0.15, -0.1) is 0 Å². The summed E-state index contributed by atoms with van der Waals surface area (Å²) in [4.78, 5) is 2.52. The van der Waals surface area contributed by atoms with Gasteiger partial charge in [0.15, 0.2) is 0 Å². The average Bonchev–Trinajstić information content (AvgIpc) is 2.36. The first-order valence-corrected chi connectivity index (χ1v) is 7.55. The predicted molar refractivity (Wildman–Crippen MR) is 80.9 cm³/mol. The summed E-state index contributed by atoms with van der Waals surface area (Å²) in [6.07, 6.45) is 1.89. The molecule has 0 aliphatic carbocycles. The fraction of sp³-hybridized carbons (Fsp3) is 0.625. The first-order valence-electron chi connectivity index (χ1n) is 7.18. The van der Waals surface area contributed by atoms with E-state index in [2.05, 4.69) is 37.8 Å². The number of nitrogens with zero attached hydrogens (tertiary/aromatic N) is 1. The van der Waals surface area contributed by atoms with Gasteiger partial charge in [0.2, 0.25) is 0 Å². The van der Waals surface area contributed by atoms with E-state index in [1.54, 1.807) is 0 Å². The monoisotopic (exact) mass is 281 g/mol. The van der Waals surface area contributed by atoms with E-state index in [0.29, 0.717) is 18.1 Å². The summed E-state index contributed by atoms with van der Waals surface area (Å²) in [6, 6.07) is 8.23. The second-order valence-corrected chi connectivity index (χ2v) is 6.19. The Morgan fingerprint density at radius 2 is 1.79 bits per heavy atom. The van der Waals surface area contributed by atoms with Crippen LogP contribution in [0.3, 0.4) is 0 Å². The highest BCUT2D eigenvalue weighted by molar-refractivity contribution is 6.30. The van der Waals surface area contributed by atoms with E-state index < -0.39 is 0 Å². The largest absolute Gasteiger partial charge is 0.373 e. The van der Waals surface area contributed by atoms with Crippen LogP contribution in [0, 0.1) is 0 Å². The third-order valence-electron chi connectivity index (χ3n) is 3.81. The molecule has 1 fully saturated rings. The van der Waals surface area contributed by atoms with Crippen LogP contribution in [0.1, 0.15) is 38.7 Å². The van der Waals surface area contributed by atoms with Crippen molar-refractivity contribution in [2.75, 3.05) is 19.6 Å². The van der Waals surface area contributed by atoms with Crippen molar-refractivity contribution in [1.29, 1.82) is 0 Å². The first kappa shape index (κ1) is 14.8. The minimum Gasteiger partial charge on any atom is -0.373 e. The van der Waals surface area contributed by atoms with Gasteiger partial charge in [-0.25, -0.2) is 0 Å². The van der Waals surface area contributed by atoms with Crippen LogP contribution in [-0.2, 0) is 4.74 Å². The number of ether oxygens (including phenoxy) is 1. The summed E-state index contributed by atoms with van der Waals surface area (Å²) in [5.74, 6) is 0.575. The molecule has 3 heteroatoms. The fourth-order valence-electron chi connectivity index (χ4n) is 2.80. The Morgan fingerprint density at radius 3 is 2.37 bits per heavy atom. The second-order valence-electron chi connectivity index (χ2n) is 5.76. The Bertz CT molecular complexity index is 382. The van der Waals surface area contributed by atoms with Crippen LogP contribution in [-0.4, -0.2) is 36.7 Å². The molecule has 1 aromatic carbocycles. The van der Waals surface area contributed by atoms with Crippen molar-refractivity contribution in [3.63, 3.8) is 0 Å². The minimum atomic E-state index is 0.356. The molecule has 1 heterocycles. The Morgan fingerprint density at radius 1 is 1.21 bits per heavy atom. The van der Waals surface area contributed by atoms with Gasteiger partial charge in [0.25, 0.3) is 0 Å². The lowest BCUT2D eigenvalue weighted by Crippen LogP contribution is -2.45. The zero-order valence-corrected chi connectivity index (χ0v) is 12.9. The molecule has 0 saturated carbocycles. The van der Waals surface area contributed by atoms with E-state index in [9.17, 15) is 0 Å². The molecule has 2 rings (SSSR count). The topological polar surface area (TPSA) is 12.5 Å². The van der Waals surface area contributed by atoms with Crippen molar-refractivity contribution in [3.8, 4) is 0 Å². The molecule has 3 atom stereocenters. The Labute approximate surface area is 121 Å². The van der Waals surface area contributed by atoms with Gasteiger partial charge in [-0.05, 0) is 50.4 Å². The van der Waals surface area contributed by atoms with E-state index in [4.69, 9.17) is 16.3 Å². The molecule has 0 N–H and O–H groups in total. The standard InChI is InChI=1S/C16H24ClNO/c1-12(15-4-6-16(17)7-5-15)8-9-18-10-13(2)19-14(3)11-18/h4-7,12-14H,8-11H2,1-3H3. The van der Waals surface area contributed by atoms with E-state index >= 15 is 0 Å². The van der Waals surface area contributed by atoms with Gasteiger partial charge in [-0.3, -0.25) is 4.90 Å². The molecule has 1 aliphatic heterocycles. The number of rotatable bonds is 4. The van der Waals surface area contributed by atoms with Gasteiger partial charge in [0, 0.05) is 18.1 Å². The third-order valence-corrected chi connectivity index (χ3v) is 4.06. The molecule has 0 spiro atoms. The molecule has 0 radical (unpaired) electrons. The summed E-state index contributed by atoms with van der Waals surface area (Å²) >= 11 is 5.93. The molecule has 1 aliphatic rings. The number of hydrogen-bond acceptors (Lipinski definition) is 2. The SMILES string of the molecule is CC1CN(CCC(C)c2ccc(Cl)cc2)CC(C)O1. The maximum absolute atomic E-state index is 5.93. The summed E-state index contributed by atoms with van der Waals surface area (Å²) in [5.41, 5.74) is 1.37. The summed E-state index contributed by atoms with van der Waals surface area (Å²) in [5, 5.41) is 0.812. The quantitative estimate of drug-likeness (QED) is 0.829. The van der Waals surface area contributed by atoms with Crippen molar-refractivity contribution in [3.05, 3.63) is 34.9 Å². The van der Waals surface area contributed by atoms with Crippen molar-refractivity contribution < 1.29 is 4.74 Å².